The molecule has 1 saturated heterocycles. The van der Waals surface area contributed by atoms with Crippen LogP contribution in [0.2, 0.25) is 0 Å². The van der Waals surface area contributed by atoms with Crippen molar-refractivity contribution in [3.63, 3.8) is 0 Å². The Morgan fingerprint density at radius 2 is 1.64 bits per heavy atom. The van der Waals surface area contributed by atoms with Crippen LogP contribution in [0.3, 0.4) is 0 Å². The van der Waals surface area contributed by atoms with E-state index in [1.807, 2.05) is 59.1 Å². The Bertz CT molecular complexity index is 1330. The van der Waals surface area contributed by atoms with Crippen molar-refractivity contribution < 1.29 is 19.1 Å². The standard InChI is InChI=1S/C28H25N3O4S/c1-35-28(34)20-9-12-22-23(17-20)30-26(32)24(22)25(18-5-3-2-4-6-18)29-21-10-7-19(8-11-21)27(33)31-13-15-36-16-14-31/h2-12,17,24H,13-16H2,1H3,(H,30,32). The number of fused-ring (bicyclic) bond motifs is 1. The molecule has 0 bridgehead atoms. The van der Waals surface area contributed by atoms with E-state index < -0.39 is 11.9 Å². The summed E-state index contributed by atoms with van der Waals surface area (Å²) in [5, 5.41) is 2.88. The zero-order valence-electron chi connectivity index (χ0n) is 19.8. The average molecular weight is 500 g/mol. The van der Waals surface area contributed by atoms with E-state index in [-0.39, 0.29) is 11.8 Å². The van der Waals surface area contributed by atoms with Crippen LogP contribution in [0.15, 0.2) is 77.8 Å². The SMILES string of the molecule is COC(=O)c1ccc2c(c1)NC(=O)C2C(=Nc1ccc(C(=O)N2CCSCC2)cc1)c1ccccc1. The molecule has 1 N–H and O–H groups in total. The monoisotopic (exact) mass is 499 g/mol. The molecule has 0 saturated carbocycles. The Hall–Kier alpha value is -3.91. The molecule has 5 rings (SSSR count). The van der Waals surface area contributed by atoms with Gasteiger partial charge in [-0.3, -0.25) is 14.6 Å². The maximum Gasteiger partial charge on any atom is 0.337 e. The topological polar surface area (TPSA) is 88.1 Å². The van der Waals surface area contributed by atoms with Crippen molar-refractivity contribution in [2.24, 2.45) is 4.99 Å². The summed E-state index contributed by atoms with van der Waals surface area (Å²) < 4.78 is 4.81. The number of thioether (sulfide) groups is 1. The first kappa shape index (κ1) is 23.8. The van der Waals surface area contributed by atoms with Gasteiger partial charge in [-0.1, -0.05) is 36.4 Å². The van der Waals surface area contributed by atoms with Crippen molar-refractivity contribution >= 4 is 46.6 Å². The fourth-order valence-electron chi connectivity index (χ4n) is 4.45. The van der Waals surface area contributed by atoms with Gasteiger partial charge in [-0.05, 0) is 47.5 Å². The molecule has 0 spiro atoms. The van der Waals surface area contributed by atoms with E-state index >= 15 is 0 Å². The highest BCUT2D eigenvalue weighted by molar-refractivity contribution is 7.99. The summed E-state index contributed by atoms with van der Waals surface area (Å²) in [5.41, 5.74) is 4.34. The molecule has 0 radical (unpaired) electrons. The number of amides is 2. The predicted molar refractivity (Wildman–Crippen MR) is 141 cm³/mol. The zero-order valence-corrected chi connectivity index (χ0v) is 20.6. The van der Waals surface area contributed by atoms with Crippen LogP contribution in [-0.4, -0.2) is 60.1 Å². The molecular weight excluding hydrogens is 474 g/mol. The summed E-state index contributed by atoms with van der Waals surface area (Å²) in [5.74, 6) is 0.608. The van der Waals surface area contributed by atoms with E-state index in [4.69, 9.17) is 9.73 Å². The first-order valence-corrected chi connectivity index (χ1v) is 12.8. The van der Waals surface area contributed by atoms with Gasteiger partial charge in [-0.15, -0.1) is 0 Å². The molecule has 0 aromatic heterocycles. The highest BCUT2D eigenvalue weighted by Gasteiger charge is 2.36. The molecule has 3 aromatic rings. The molecule has 3 aromatic carbocycles. The highest BCUT2D eigenvalue weighted by Crippen LogP contribution is 2.37. The van der Waals surface area contributed by atoms with Crippen molar-refractivity contribution in [3.05, 3.63) is 95.1 Å². The Labute approximate surface area is 213 Å². The van der Waals surface area contributed by atoms with Crippen LogP contribution in [0.4, 0.5) is 11.4 Å². The normalized spacial score (nSPS) is 17.4. The summed E-state index contributed by atoms with van der Waals surface area (Å²) in [6.45, 7) is 1.52. The number of anilines is 1. The van der Waals surface area contributed by atoms with Crippen LogP contribution in [-0.2, 0) is 9.53 Å². The minimum Gasteiger partial charge on any atom is -0.465 e. The molecule has 2 amide bonds. The number of benzene rings is 3. The second-order valence-electron chi connectivity index (χ2n) is 8.53. The lowest BCUT2D eigenvalue weighted by Crippen LogP contribution is -2.37. The predicted octanol–water partition coefficient (Wildman–Crippen LogP) is 4.52. The lowest BCUT2D eigenvalue weighted by molar-refractivity contribution is -0.115. The third-order valence-corrected chi connectivity index (χ3v) is 7.25. The van der Waals surface area contributed by atoms with E-state index in [0.29, 0.717) is 28.2 Å². The van der Waals surface area contributed by atoms with Gasteiger partial charge < -0.3 is 15.0 Å². The first-order chi connectivity index (χ1) is 17.5. The molecule has 2 heterocycles. The fourth-order valence-corrected chi connectivity index (χ4v) is 5.35. The Kier molecular flexibility index (Phi) is 6.86. The highest BCUT2D eigenvalue weighted by atomic mass is 32.2. The lowest BCUT2D eigenvalue weighted by Gasteiger charge is -2.26. The molecule has 36 heavy (non-hydrogen) atoms. The van der Waals surface area contributed by atoms with E-state index in [0.717, 1.165) is 35.7 Å². The van der Waals surface area contributed by atoms with Crippen molar-refractivity contribution in [2.45, 2.75) is 5.92 Å². The van der Waals surface area contributed by atoms with Crippen LogP contribution in [0, 0.1) is 0 Å². The Balaban J connectivity index is 1.50. The summed E-state index contributed by atoms with van der Waals surface area (Å²) in [7, 11) is 1.32. The van der Waals surface area contributed by atoms with Crippen molar-refractivity contribution in [1.29, 1.82) is 0 Å². The number of nitrogens with zero attached hydrogens (tertiary/aromatic N) is 2. The maximum absolute atomic E-state index is 13.1. The third-order valence-electron chi connectivity index (χ3n) is 6.31. The van der Waals surface area contributed by atoms with Crippen LogP contribution in [0.5, 0.6) is 0 Å². The Morgan fingerprint density at radius 3 is 2.33 bits per heavy atom. The summed E-state index contributed by atoms with van der Waals surface area (Å²) in [6, 6.07) is 21.8. The number of esters is 1. The molecule has 0 aliphatic carbocycles. The van der Waals surface area contributed by atoms with Gasteiger partial charge in [0.1, 0.15) is 5.92 Å². The van der Waals surface area contributed by atoms with Gasteiger partial charge in [0.05, 0.1) is 24.1 Å². The lowest BCUT2D eigenvalue weighted by atomic mass is 9.90. The summed E-state index contributed by atoms with van der Waals surface area (Å²) in [4.78, 5) is 44.7. The molecule has 1 unspecified atom stereocenters. The van der Waals surface area contributed by atoms with Gasteiger partial charge in [0.2, 0.25) is 5.91 Å². The molecular formula is C28H25N3O4S. The van der Waals surface area contributed by atoms with Crippen LogP contribution < -0.4 is 5.32 Å². The smallest absolute Gasteiger partial charge is 0.337 e. The third kappa shape index (κ3) is 4.77. The number of methoxy groups -OCH3 is 1. The van der Waals surface area contributed by atoms with E-state index in [2.05, 4.69) is 5.32 Å². The number of carbonyl (C=O) groups is 3. The van der Waals surface area contributed by atoms with Gasteiger partial charge in [-0.25, -0.2) is 4.79 Å². The minimum absolute atomic E-state index is 0.0274. The van der Waals surface area contributed by atoms with E-state index in [1.165, 1.54) is 7.11 Å². The molecule has 1 atom stereocenters. The second-order valence-corrected chi connectivity index (χ2v) is 9.76. The minimum atomic E-state index is -0.652. The number of carbonyl (C=O) groups excluding carboxylic acids is 3. The molecule has 7 nitrogen and oxygen atoms in total. The van der Waals surface area contributed by atoms with E-state index in [1.54, 1.807) is 30.3 Å². The number of aliphatic imine (C=N–C) groups is 1. The van der Waals surface area contributed by atoms with Gasteiger partial charge in [0.15, 0.2) is 0 Å². The summed E-state index contributed by atoms with van der Waals surface area (Å²) in [6.07, 6.45) is 0. The quantitative estimate of drug-likeness (QED) is 0.412. The number of hydrogen-bond acceptors (Lipinski definition) is 6. The van der Waals surface area contributed by atoms with Crippen LogP contribution in [0.1, 0.15) is 37.8 Å². The van der Waals surface area contributed by atoms with Crippen molar-refractivity contribution in [2.75, 3.05) is 37.0 Å². The van der Waals surface area contributed by atoms with E-state index in [9.17, 15) is 14.4 Å². The number of ether oxygens (including phenoxy) is 1. The maximum atomic E-state index is 13.1. The number of rotatable bonds is 5. The van der Waals surface area contributed by atoms with Crippen LogP contribution >= 0.6 is 11.8 Å². The van der Waals surface area contributed by atoms with Gasteiger partial charge >= 0.3 is 5.97 Å². The molecule has 1 fully saturated rings. The van der Waals surface area contributed by atoms with Crippen molar-refractivity contribution in [1.82, 2.24) is 4.90 Å². The number of hydrogen-bond donors (Lipinski definition) is 1. The fraction of sp³-hybridized carbons (Fsp3) is 0.214. The average Bonchev–Trinajstić information content (AvgIpc) is 3.26. The first-order valence-electron chi connectivity index (χ1n) is 11.7. The molecule has 8 heteroatoms. The Morgan fingerprint density at radius 1 is 0.944 bits per heavy atom. The van der Waals surface area contributed by atoms with Gasteiger partial charge in [0.25, 0.3) is 5.91 Å². The number of nitrogens with one attached hydrogen (secondary N) is 1. The van der Waals surface area contributed by atoms with Crippen LogP contribution in [0.25, 0.3) is 0 Å². The van der Waals surface area contributed by atoms with Gasteiger partial charge in [0, 0.05) is 35.8 Å². The molecule has 2 aliphatic rings. The van der Waals surface area contributed by atoms with Crippen molar-refractivity contribution in [3.8, 4) is 0 Å². The molecule has 2 aliphatic heterocycles. The second kappa shape index (κ2) is 10.4. The molecule has 182 valence electrons. The largest absolute Gasteiger partial charge is 0.465 e. The summed E-state index contributed by atoms with van der Waals surface area (Å²) >= 11 is 1.86. The van der Waals surface area contributed by atoms with Gasteiger partial charge in [-0.2, -0.15) is 11.8 Å². The zero-order chi connectivity index (χ0) is 25.1.